The number of hydrogen-bond donors (Lipinski definition) is 3. The summed E-state index contributed by atoms with van der Waals surface area (Å²) in [4.78, 5) is 0. The highest BCUT2D eigenvalue weighted by Crippen LogP contribution is 2.14. The second kappa shape index (κ2) is 8.03. The molecule has 3 N–H and O–H groups in total. The van der Waals surface area contributed by atoms with Gasteiger partial charge >= 0.3 is 0 Å². The number of aliphatic hydroxyl groups is 3. The predicted octanol–water partition coefficient (Wildman–Crippen LogP) is 0.746. The quantitative estimate of drug-likeness (QED) is 0.528. The predicted molar refractivity (Wildman–Crippen MR) is 69.7 cm³/mol. The first kappa shape index (κ1) is 16.8. The maximum atomic E-state index is 9.63. The van der Waals surface area contributed by atoms with Gasteiger partial charge in [0.15, 0.2) is 0 Å². The van der Waals surface area contributed by atoms with Crippen LogP contribution in [-0.2, 0) is 0 Å². The summed E-state index contributed by atoms with van der Waals surface area (Å²) in [5, 5.41) is 28.9. The first-order chi connectivity index (χ1) is 7.81. The average Bonchev–Trinajstić information content (AvgIpc) is 2.11. The molecule has 3 atom stereocenters. The fourth-order valence-corrected chi connectivity index (χ4v) is 2.67. The van der Waals surface area contributed by atoms with Gasteiger partial charge in [-0.25, -0.2) is 0 Å². The van der Waals surface area contributed by atoms with Gasteiger partial charge in [-0.2, -0.15) is 0 Å². The molecule has 0 amide bonds. The Kier molecular flexibility index (Phi) is 7.96. The molecule has 0 aromatic heterocycles. The minimum Gasteiger partial charge on any atom is -0.388 e. The zero-order valence-corrected chi connectivity index (χ0v) is 11.8. The normalized spacial score (nSPS) is 20.6. The number of hydrogen-bond acceptors (Lipinski definition) is 3. The van der Waals surface area contributed by atoms with Crippen LogP contribution in [0.15, 0.2) is 0 Å². The van der Waals surface area contributed by atoms with E-state index >= 15 is 0 Å². The van der Waals surface area contributed by atoms with Crippen LogP contribution in [0.5, 0.6) is 0 Å². The third-order valence-corrected chi connectivity index (χ3v) is 2.94. The lowest BCUT2D eigenvalue weighted by Crippen LogP contribution is -2.58. The minimum atomic E-state index is -0.413. The van der Waals surface area contributed by atoms with Gasteiger partial charge in [0.1, 0.15) is 37.9 Å². The molecule has 17 heavy (non-hydrogen) atoms. The highest BCUT2D eigenvalue weighted by molar-refractivity contribution is 4.57. The Morgan fingerprint density at radius 1 is 0.824 bits per heavy atom. The van der Waals surface area contributed by atoms with E-state index in [0.717, 1.165) is 19.4 Å². The Morgan fingerprint density at radius 3 is 1.41 bits per heavy atom. The van der Waals surface area contributed by atoms with Gasteiger partial charge in [-0.15, -0.1) is 0 Å². The van der Waals surface area contributed by atoms with Gasteiger partial charge in [0.25, 0.3) is 0 Å². The Bertz CT molecular complexity index is 167. The van der Waals surface area contributed by atoms with E-state index < -0.39 is 18.3 Å². The molecule has 104 valence electrons. The molecule has 4 nitrogen and oxygen atoms in total. The van der Waals surface area contributed by atoms with Crippen LogP contribution in [-0.4, -0.2) is 64.3 Å². The zero-order chi connectivity index (χ0) is 13.5. The van der Waals surface area contributed by atoms with Crippen LogP contribution in [0.4, 0.5) is 0 Å². The van der Waals surface area contributed by atoms with Crippen molar-refractivity contribution in [1.29, 1.82) is 0 Å². The van der Waals surface area contributed by atoms with Gasteiger partial charge in [-0.1, -0.05) is 13.3 Å². The fourth-order valence-electron chi connectivity index (χ4n) is 2.67. The molecule has 0 spiro atoms. The van der Waals surface area contributed by atoms with Crippen molar-refractivity contribution in [3.63, 3.8) is 0 Å². The van der Waals surface area contributed by atoms with E-state index in [0.29, 0.717) is 24.1 Å². The lowest BCUT2D eigenvalue weighted by atomic mass is 10.1. The number of quaternary nitrogens is 1. The SMILES string of the molecule is CCCC[N+](CC(C)O)(CC(C)O)CC(C)O. The molecular weight excluding hydrogens is 218 g/mol. The van der Waals surface area contributed by atoms with Gasteiger partial charge < -0.3 is 19.8 Å². The number of unbranched alkanes of at least 4 members (excludes halogenated alkanes) is 1. The van der Waals surface area contributed by atoms with E-state index in [2.05, 4.69) is 6.92 Å². The lowest BCUT2D eigenvalue weighted by Gasteiger charge is -2.41. The third kappa shape index (κ3) is 7.71. The monoisotopic (exact) mass is 248 g/mol. The van der Waals surface area contributed by atoms with Crippen molar-refractivity contribution in [1.82, 2.24) is 0 Å². The highest BCUT2D eigenvalue weighted by atomic mass is 16.3. The van der Waals surface area contributed by atoms with Gasteiger partial charge in [0, 0.05) is 0 Å². The van der Waals surface area contributed by atoms with Gasteiger partial charge in [-0.3, -0.25) is 0 Å². The summed E-state index contributed by atoms with van der Waals surface area (Å²) in [7, 11) is 0. The van der Waals surface area contributed by atoms with Crippen molar-refractivity contribution in [2.75, 3.05) is 26.2 Å². The van der Waals surface area contributed by atoms with Crippen LogP contribution < -0.4 is 0 Å². The van der Waals surface area contributed by atoms with E-state index in [1.165, 1.54) is 0 Å². The fraction of sp³-hybridized carbons (Fsp3) is 1.00. The molecule has 0 aliphatic heterocycles. The molecule has 3 unspecified atom stereocenters. The largest absolute Gasteiger partial charge is 0.388 e. The summed E-state index contributed by atoms with van der Waals surface area (Å²) < 4.78 is 0.598. The van der Waals surface area contributed by atoms with E-state index in [9.17, 15) is 15.3 Å². The van der Waals surface area contributed by atoms with Crippen LogP contribution in [0.2, 0.25) is 0 Å². The second-order valence-electron chi connectivity index (χ2n) is 5.51. The molecule has 0 aromatic rings. The van der Waals surface area contributed by atoms with Crippen molar-refractivity contribution in [3.8, 4) is 0 Å². The van der Waals surface area contributed by atoms with Crippen molar-refractivity contribution in [2.45, 2.75) is 58.8 Å². The number of nitrogens with zero attached hydrogens (tertiary/aromatic N) is 1. The van der Waals surface area contributed by atoms with Crippen molar-refractivity contribution in [2.24, 2.45) is 0 Å². The summed E-state index contributed by atoms with van der Waals surface area (Å²) in [6, 6.07) is 0. The molecule has 0 saturated heterocycles. The van der Waals surface area contributed by atoms with E-state index in [4.69, 9.17) is 0 Å². The number of aliphatic hydroxyl groups excluding tert-OH is 3. The Morgan fingerprint density at radius 2 is 1.18 bits per heavy atom. The van der Waals surface area contributed by atoms with Crippen LogP contribution in [0.25, 0.3) is 0 Å². The topological polar surface area (TPSA) is 60.7 Å². The molecule has 0 saturated carbocycles. The molecular formula is C13H30NO3+. The summed E-state index contributed by atoms with van der Waals surface area (Å²) >= 11 is 0. The maximum Gasteiger partial charge on any atom is 0.105 e. The van der Waals surface area contributed by atoms with Crippen molar-refractivity contribution < 1.29 is 19.8 Å². The number of rotatable bonds is 9. The van der Waals surface area contributed by atoms with Gasteiger partial charge in [-0.05, 0) is 27.2 Å². The first-order valence-electron chi connectivity index (χ1n) is 6.70. The minimum absolute atomic E-state index is 0.413. The van der Waals surface area contributed by atoms with E-state index in [-0.39, 0.29) is 0 Å². The van der Waals surface area contributed by atoms with E-state index in [1.807, 2.05) is 0 Å². The Labute approximate surface area is 105 Å². The molecule has 0 aromatic carbocycles. The second-order valence-corrected chi connectivity index (χ2v) is 5.51. The van der Waals surface area contributed by atoms with Crippen LogP contribution >= 0.6 is 0 Å². The molecule has 0 fully saturated rings. The maximum absolute atomic E-state index is 9.63. The Balaban J connectivity index is 4.76. The molecule has 0 aliphatic rings. The van der Waals surface area contributed by atoms with E-state index in [1.54, 1.807) is 20.8 Å². The van der Waals surface area contributed by atoms with Gasteiger partial charge in [0.2, 0.25) is 0 Å². The highest BCUT2D eigenvalue weighted by Gasteiger charge is 2.31. The van der Waals surface area contributed by atoms with Gasteiger partial charge in [0.05, 0.1) is 6.54 Å². The molecule has 0 radical (unpaired) electrons. The standard InChI is InChI=1S/C13H30NO3/c1-5-6-7-14(8-11(2)15,9-12(3)16)10-13(4)17/h11-13,15-17H,5-10H2,1-4H3/q+1. The molecule has 0 rings (SSSR count). The molecule has 0 heterocycles. The van der Waals surface area contributed by atoms with Crippen LogP contribution in [0.1, 0.15) is 40.5 Å². The Hall–Kier alpha value is -0.160. The van der Waals surface area contributed by atoms with Crippen LogP contribution in [0, 0.1) is 0 Å². The van der Waals surface area contributed by atoms with Crippen molar-refractivity contribution >= 4 is 0 Å². The summed E-state index contributed by atoms with van der Waals surface area (Å²) in [5.74, 6) is 0. The molecule has 0 aliphatic carbocycles. The zero-order valence-electron chi connectivity index (χ0n) is 11.8. The lowest BCUT2D eigenvalue weighted by molar-refractivity contribution is -0.935. The van der Waals surface area contributed by atoms with Crippen molar-refractivity contribution in [3.05, 3.63) is 0 Å². The average molecular weight is 248 g/mol. The first-order valence-corrected chi connectivity index (χ1v) is 6.70. The molecule has 0 bridgehead atoms. The third-order valence-electron chi connectivity index (χ3n) is 2.94. The summed E-state index contributed by atoms with van der Waals surface area (Å²) in [5.41, 5.74) is 0. The smallest absolute Gasteiger partial charge is 0.105 e. The summed E-state index contributed by atoms with van der Waals surface area (Å²) in [6.07, 6.45) is 0.893. The van der Waals surface area contributed by atoms with Crippen LogP contribution in [0.3, 0.4) is 0 Å². The molecule has 4 heteroatoms. The summed E-state index contributed by atoms with van der Waals surface area (Å²) in [6.45, 7) is 10.1.